The van der Waals surface area contributed by atoms with Crippen molar-refractivity contribution in [2.75, 3.05) is 26.2 Å². The second-order valence-corrected chi connectivity index (χ2v) is 6.30. The lowest BCUT2D eigenvalue weighted by Crippen LogP contribution is -3.13. The number of hydrogen-bond acceptors (Lipinski definition) is 2. The Balaban J connectivity index is 1.76. The quantitative estimate of drug-likeness (QED) is 0.801. The Bertz CT molecular complexity index is 238. The van der Waals surface area contributed by atoms with E-state index >= 15 is 0 Å². The molecule has 0 aromatic carbocycles. The molecule has 2 fully saturated rings. The summed E-state index contributed by atoms with van der Waals surface area (Å²) in [5.74, 6) is 0.301. The third-order valence-corrected chi connectivity index (χ3v) is 3.85. The zero-order valence-corrected chi connectivity index (χ0v) is 11.6. The van der Waals surface area contributed by atoms with Crippen molar-refractivity contribution in [2.24, 2.45) is 5.92 Å². The van der Waals surface area contributed by atoms with E-state index in [1.807, 2.05) is 0 Å². The lowest BCUT2D eigenvalue weighted by molar-refractivity contribution is -0.907. The van der Waals surface area contributed by atoms with Crippen LogP contribution in [0.1, 0.15) is 46.5 Å². The number of quaternary nitrogens is 1. The lowest BCUT2D eigenvalue weighted by atomic mass is 10.0. The summed E-state index contributed by atoms with van der Waals surface area (Å²) < 4.78 is 12.0. The predicted octanol–water partition coefficient (Wildman–Crippen LogP) is 1.23. The van der Waals surface area contributed by atoms with Gasteiger partial charge in [0.1, 0.15) is 12.6 Å². The van der Waals surface area contributed by atoms with Gasteiger partial charge in [-0.2, -0.15) is 0 Å². The minimum Gasteiger partial charge on any atom is -0.347 e. The average molecular weight is 242 g/mol. The highest BCUT2D eigenvalue weighted by atomic mass is 16.7. The molecular weight excluding hydrogens is 214 g/mol. The summed E-state index contributed by atoms with van der Waals surface area (Å²) >= 11 is 0. The standard InChI is InChI=1S/C14H27NO2/c1-12(2)9-14(3)16-11-13(17-14)10-15-7-5-4-6-8-15/h12-13H,4-11H2,1-3H3/p+1/t13-,14-/m1/s1. The highest BCUT2D eigenvalue weighted by molar-refractivity contribution is 4.75. The van der Waals surface area contributed by atoms with Gasteiger partial charge in [0.15, 0.2) is 5.79 Å². The highest BCUT2D eigenvalue weighted by Gasteiger charge is 2.39. The zero-order valence-electron chi connectivity index (χ0n) is 11.6. The fourth-order valence-corrected chi connectivity index (χ4v) is 3.22. The number of likely N-dealkylation sites (tertiary alicyclic amines) is 1. The van der Waals surface area contributed by atoms with Crippen molar-refractivity contribution in [1.29, 1.82) is 0 Å². The van der Waals surface area contributed by atoms with Crippen LogP contribution in [0, 0.1) is 5.92 Å². The lowest BCUT2D eigenvalue weighted by Gasteiger charge is -2.27. The van der Waals surface area contributed by atoms with Crippen molar-refractivity contribution in [2.45, 2.75) is 58.3 Å². The molecule has 0 bridgehead atoms. The summed E-state index contributed by atoms with van der Waals surface area (Å²) in [4.78, 5) is 1.71. The maximum absolute atomic E-state index is 6.12. The molecule has 0 radical (unpaired) electrons. The Morgan fingerprint density at radius 2 is 1.94 bits per heavy atom. The Kier molecular flexibility index (Phi) is 4.45. The molecule has 17 heavy (non-hydrogen) atoms. The Morgan fingerprint density at radius 1 is 1.24 bits per heavy atom. The molecule has 2 saturated heterocycles. The number of ether oxygens (including phenoxy) is 2. The van der Waals surface area contributed by atoms with Crippen LogP contribution in [0.3, 0.4) is 0 Å². The first-order valence-electron chi connectivity index (χ1n) is 7.23. The molecule has 2 heterocycles. The molecule has 2 aliphatic heterocycles. The van der Waals surface area contributed by atoms with Gasteiger partial charge in [-0.1, -0.05) is 13.8 Å². The van der Waals surface area contributed by atoms with E-state index in [-0.39, 0.29) is 5.79 Å². The molecule has 2 rings (SSSR count). The van der Waals surface area contributed by atoms with Crippen LogP contribution >= 0.6 is 0 Å². The largest absolute Gasteiger partial charge is 0.347 e. The van der Waals surface area contributed by atoms with Crippen molar-refractivity contribution >= 4 is 0 Å². The first-order valence-corrected chi connectivity index (χ1v) is 7.23. The summed E-state index contributed by atoms with van der Waals surface area (Å²) in [7, 11) is 0. The topological polar surface area (TPSA) is 22.9 Å². The molecule has 0 saturated carbocycles. The minimum absolute atomic E-state index is 0.312. The Labute approximate surface area is 105 Å². The monoisotopic (exact) mass is 242 g/mol. The summed E-state index contributed by atoms with van der Waals surface area (Å²) in [5.41, 5.74) is 0. The van der Waals surface area contributed by atoms with Crippen molar-refractivity contribution < 1.29 is 14.4 Å². The third kappa shape index (κ3) is 3.94. The van der Waals surface area contributed by atoms with E-state index in [0.29, 0.717) is 12.0 Å². The van der Waals surface area contributed by atoms with E-state index in [2.05, 4.69) is 20.8 Å². The average Bonchev–Trinajstić information content (AvgIpc) is 2.60. The van der Waals surface area contributed by atoms with Crippen molar-refractivity contribution in [1.82, 2.24) is 0 Å². The molecule has 0 aromatic heterocycles. The van der Waals surface area contributed by atoms with Gasteiger partial charge < -0.3 is 14.4 Å². The minimum atomic E-state index is -0.325. The number of piperidine rings is 1. The van der Waals surface area contributed by atoms with E-state index in [1.165, 1.54) is 32.4 Å². The van der Waals surface area contributed by atoms with Crippen LogP contribution in [0.2, 0.25) is 0 Å². The van der Waals surface area contributed by atoms with Crippen molar-refractivity contribution in [3.8, 4) is 0 Å². The molecule has 2 aliphatic rings. The van der Waals surface area contributed by atoms with Crippen molar-refractivity contribution in [3.05, 3.63) is 0 Å². The SMILES string of the molecule is CC(C)C[C@]1(C)OC[C@@H](C[NH+]2CCCCC2)O1. The third-order valence-electron chi connectivity index (χ3n) is 3.85. The van der Waals surface area contributed by atoms with Gasteiger partial charge >= 0.3 is 0 Å². The number of nitrogens with one attached hydrogen (secondary N) is 1. The predicted molar refractivity (Wildman–Crippen MR) is 68.1 cm³/mol. The molecule has 0 unspecified atom stereocenters. The Hall–Kier alpha value is -0.120. The summed E-state index contributed by atoms with van der Waals surface area (Å²) in [5, 5.41) is 0. The molecule has 100 valence electrons. The van der Waals surface area contributed by atoms with Crippen molar-refractivity contribution in [3.63, 3.8) is 0 Å². The van der Waals surface area contributed by atoms with Crippen LogP contribution in [-0.4, -0.2) is 38.1 Å². The number of rotatable bonds is 4. The highest BCUT2D eigenvalue weighted by Crippen LogP contribution is 2.29. The van der Waals surface area contributed by atoms with Crippen LogP contribution in [-0.2, 0) is 9.47 Å². The van der Waals surface area contributed by atoms with Crippen LogP contribution in [0.25, 0.3) is 0 Å². The van der Waals surface area contributed by atoms with Gasteiger partial charge in [0, 0.05) is 6.42 Å². The van der Waals surface area contributed by atoms with E-state index in [0.717, 1.165) is 19.6 Å². The first-order chi connectivity index (χ1) is 8.07. The van der Waals surface area contributed by atoms with Crippen LogP contribution in [0.4, 0.5) is 0 Å². The molecule has 3 heteroatoms. The van der Waals surface area contributed by atoms with Gasteiger partial charge in [0.2, 0.25) is 0 Å². The van der Waals surface area contributed by atoms with Gasteiger partial charge in [0.25, 0.3) is 0 Å². The van der Waals surface area contributed by atoms with Gasteiger partial charge in [0.05, 0.1) is 19.7 Å². The van der Waals surface area contributed by atoms with E-state index in [9.17, 15) is 0 Å². The fourth-order valence-electron chi connectivity index (χ4n) is 3.22. The summed E-state index contributed by atoms with van der Waals surface area (Å²) in [6, 6.07) is 0. The maximum Gasteiger partial charge on any atom is 0.166 e. The smallest absolute Gasteiger partial charge is 0.166 e. The summed E-state index contributed by atoms with van der Waals surface area (Å²) in [6.45, 7) is 11.1. The Morgan fingerprint density at radius 3 is 2.59 bits per heavy atom. The molecule has 0 aromatic rings. The first kappa shape index (κ1) is 13.3. The molecule has 1 N–H and O–H groups in total. The molecule has 0 amide bonds. The normalized spacial score (nSPS) is 35.6. The number of hydrogen-bond donors (Lipinski definition) is 1. The summed E-state index contributed by atoms with van der Waals surface area (Å²) in [6.07, 6.45) is 5.49. The van der Waals surface area contributed by atoms with Crippen LogP contribution < -0.4 is 4.90 Å². The molecular formula is C14H28NO2+. The molecule has 0 aliphatic carbocycles. The van der Waals surface area contributed by atoms with Gasteiger partial charge in [-0.05, 0) is 32.1 Å². The molecule has 3 nitrogen and oxygen atoms in total. The van der Waals surface area contributed by atoms with E-state index < -0.39 is 0 Å². The van der Waals surface area contributed by atoms with Gasteiger partial charge in [-0.15, -0.1) is 0 Å². The van der Waals surface area contributed by atoms with E-state index in [1.54, 1.807) is 4.90 Å². The van der Waals surface area contributed by atoms with Gasteiger partial charge in [-0.3, -0.25) is 0 Å². The van der Waals surface area contributed by atoms with Crippen LogP contribution in [0.5, 0.6) is 0 Å². The fraction of sp³-hybridized carbons (Fsp3) is 1.00. The van der Waals surface area contributed by atoms with Crippen LogP contribution in [0.15, 0.2) is 0 Å². The second kappa shape index (κ2) is 5.68. The zero-order chi connectivity index (χ0) is 12.3. The molecule has 0 spiro atoms. The van der Waals surface area contributed by atoms with E-state index in [4.69, 9.17) is 9.47 Å². The second-order valence-electron chi connectivity index (χ2n) is 6.30. The van der Waals surface area contributed by atoms with Gasteiger partial charge in [-0.25, -0.2) is 0 Å². The molecule has 2 atom stereocenters. The maximum atomic E-state index is 6.12.